The fourth-order valence-electron chi connectivity index (χ4n) is 0.853. The zero-order valence-corrected chi connectivity index (χ0v) is 6.63. The van der Waals surface area contributed by atoms with Crippen molar-refractivity contribution in [2.24, 2.45) is 0 Å². The van der Waals surface area contributed by atoms with Crippen LogP contribution >= 0.6 is 0 Å². The van der Waals surface area contributed by atoms with E-state index in [0.717, 1.165) is 0 Å². The van der Waals surface area contributed by atoms with Gasteiger partial charge in [0.1, 0.15) is 0 Å². The molecule has 1 rings (SSSR count). The van der Waals surface area contributed by atoms with Crippen molar-refractivity contribution < 1.29 is 9.90 Å². The van der Waals surface area contributed by atoms with Gasteiger partial charge in [0.2, 0.25) is 0 Å². The van der Waals surface area contributed by atoms with E-state index in [9.17, 15) is 9.59 Å². The van der Waals surface area contributed by atoms with Crippen LogP contribution in [0.4, 0.5) is 0 Å². The lowest BCUT2D eigenvalue weighted by Gasteiger charge is -1.96. The molecule has 0 unspecified atom stereocenters. The van der Waals surface area contributed by atoms with Crippen molar-refractivity contribution in [3.63, 3.8) is 0 Å². The lowest BCUT2D eigenvalue weighted by atomic mass is 10.2. The van der Waals surface area contributed by atoms with E-state index in [0.29, 0.717) is 11.3 Å². The van der Waals surface area contributed by atoms with Crippen molar-refractivity contribution >= 4 is 5.97 Å². The summed E-state index contributed by atoms with van der Waals surface area (Å²) in [6.45, 7) is 1.67. The monoisotopic (exact) mass is 167 g/mol. The van der Waals surface area contributed by atoms with Gasteiger partial charge in [0.15, 0.2) is 0 Å². The summed E-state index contributed by atoms with van der Waals surface area (Å²) in [6, 6.07) is 3.21. The molecule has 0 amide bonds. The van der Waals surface area contributed by atoms with E-state index in [1.807, 2.05) is 0 Å². The first-order valence-corrected chi connectivity index (χ1v) is 3.50. The number of aromatic nitrogens is 1. The van der Waals surface area contributed by atoms with Crippen LogP contribution in [0.2, 0.25) is 0 Å². The van der Waals surface area contributed by atoms with Crippen LogP contribution in [0, 0.1) is 6.92 Å². The van der Waals surface area contributed by atoms with Crippen molar-refractivity contribution in [1.82, 2.24) is 4.98 Å². The summed E-state index contributed by atoms with van der Waals surface area (Å²) in [5.74, 6) is -0.950. The number of H-pyrrole nitrogens is 1. The highest BCUT2D eigenvalue weighted by Gasteiger charge is 2.01. The molecule has 0 fully saturated rings. The standard InChI is InChI=1S/C8H9NO3/c1-5-2-3-6(4-7(10)11)9-8(5)12/h2-3H,4H2,1H3,(H,9,12)(H,10,11). The second kappa shape index (κ2) is 3.21. The van der Waals surface area contributed by atoms with E-state index in [2.05, 4.69) is 4.98 Å². The molecule has 0 radical (unpaired) electrons. The number of hydrogen-bond donors (Lipinski definition) is 2. The number of pyridine rings is 1. The third-order valence-electron chi connectivity index (χ3n) is 1.51. The molecule has 0 aliphatic heterocycles. The molecule has 4 nitrogen and oxygen atoms in total. The number of rotatable bonds is 2. The van der Waals surface area contributed by atoms with Gasteiger partial charge >= 0.3 is 5.97 Å². The molecule has 0 bridgehead atoms. The third-order valence-corrected chi connectivity index (χ3v) is 1.51. The van der Waals surface area contributed by atoms with Crippen LogP contribution in [-0.4, -0.2) is 16.1 Å². The minimum absolute atomic E-state index is 0.143. The fraction of sp³-hybridized carbons (Fsp3) is 0.250. The van der Waals surface area contributed by atoms with Crippen LogP contribution in [0.5, 0.6) is 0 Å². The maximum absolute atomic E-state index is 11.0. The number of aromatic amines is 1. The summed E-state index contributed by atoms with van der Waals surface area (Å²) in [5.41, 5.74) is 0.788. The molecular weight excluding hydrogens is 158 g/mol. The van der Waals surface area contributed by atoms with Crippen LogP contribution in [0.3, 0.4) is 0 Å². The SMILES string of the molecule is Cc1ccc(CC(=O)O)[nH]c1=O. The molecule has 0 aromatic carbocycles. The van der Waals surface area contributed by atoms with E-state index >= 15 is 0 Å². The number of aliphatic carboxylic acids is 1. The highest BCUT2D eigenvalue weighted by molar-refractivity contribution is 5.69. The molecule has 2 N–H and O–H groups in total. The Morgan fingerprint density at radius 2 is 2.25 bits per heavy atom. The molecule has 0 atom stereocenters. The first kappa shape index (κ1) is 8.52. The van der Waals surface area contributed by atoms with Gasteiger partial charge in [-0.3, -0.25) is 9.59 Å². The van der Waals surface area contributed by atoms with E-state index in [4.69, 9.17) is 5.11 Å². The lowest BCUT2D eigenvalue weighted by molar-refractivity contribution is -0.136. The van der Waals surface area contributed by atoms with Gasteiger partial charge in [0.25, 0.3) is 5.56 Å². The molecule has 0 saturated carbocycles. The zero-order valence-electron chi connectivity index (χ0n) is 6.63. The molecule has 1 aromatic rings. The van der Waals surface area contributed by atoms with Crippen molar-refractivity contribution in [3.05, 3.63) is 33.7 Å². The van der Waals surface area contributed by atoms with Gasteiger partial charge in [-0.25, -0.2) is 0 Å². The second-order valence-electron chi connectivity index (χ2n) is 2.57. The predicted molar refractivity (Wildman–Crippen MR) is 43.1 cm³/mol. The first-order valence-electron chi connectivity index (χ1n) is 3.50. The van der Waals surface area contributed by atoms with Crippen molar-refractivity contribution in [1.29, 1.82) is 0 Å². The molecule has 12 heavy (non-hydrogen) atoms. The number of carboxylic acids is 1. The lowest BCUT2D eigenvalue weighted by Crippen LogP contribution is -2.13. The normalized spacial score (nSPS) is 9.75. The Bertz CT molecular complexity index is 354. The minimum Gasteiger partial charge on any atom is -0.481 e. The van der Waals surface area contributed by atoms with Crippen LogP contribution in [0.15, 0.2) is 16.9 Å². The molecule has 0 aliphatic carbocycles. The quantitative estimate of drug-likeness (QED) is 0.666. The molecule has 1 aromatic heterocycles. The highest BCUT2D eigenvalue weighted by atomic mass is 16.4. The Labute approximate surface area is 68.9 Å². The van der Waals surface area contributed by atoms with Crippen LogP contribution in [0.1, 0.15) is 11.3 Å². The molecule has 0 spiro atoms. The first-order chi connectivity index (χ1) is 5.59. The highest BCUT2D eigenvalue weighted by Crippen LogP contribution is 1.94. The number of hydrogen-bond acceptors (Lipinski definition) is 2. The van der Waals surface area contributed by atoms with Crippen molar-refractivity contribution in [3.8, 4) is 0 Å². The Hall–Kier alpha value is -1.58. The molecular formula is C8H9NO3. The molecule has 4 heteroatoms. The van der Waals surface area contributed by atoms with Crippen LogP contribution in [0.25, 0.3) is 0 Å². The Morgan fingerprint density at radius 3 is 2.75 bits per heavy atom. The summed E-state index contributed by atoms with van der Waals surface area (Å²) in [6.07, 6.45) is -0.143. The van der Waals surface area contributed by atoms with Crippen molar-refractivity contribution in [2.45, 2.75) is 13.3 Å². The average Bonchev–Trinajstić information content (AvgIpc) is 1.96. The van der Waals surface area contributed by atoms with Crippen LogP contribution < -0.4 is 5.56 Å². The summed E-state index contributed by atoms with van der Waals surface area (Å²) in [7, 11) is 0. The largest absolute Gasteiger partial charge is 0.481 e. The molecule has 0 aliphatic rings. The van der Waals surface area contributed by atoms with Gasteiger partial charge < -0.3 is 10.1 Å². The smallest absolute Gasteiger partial charge is 0.309 e. The van der Waals surface area contributed by atoms with Gasteiger partial charge in [-0.1, -0.05) is 6.07 Å². The topological polar surface area (TPSA) is 70.2 Å². The van der Waals surface area contributed by atoms with E-state index in [1.54, 1.807) is 19.1 Å². The fourth-order valence-corrected chi connectivity index (χ4v) is 0.853. The Morgan fingerprint density at radius 1 is 1.58 bits per heavy atom. The number of nitrogens with one attached hydrogen (secondary N) is 1. The van der Waals surface area contributed by atoms with Gasteiger partial charge in [-0.15, -0.1) is 0 Å². The maximum Gasteiger partial charge on any atom is 0.309 e. The predicted octanol–water partition coefficient (Wildman–Crippen LogP) is 0.310. The summed E-state index contributed by atoms with van der Waals surface area (Å²) in [4.78, 5) is 23.7. The van der Waals surface area contributed by atoms with E-state index in [1.165, 1.54) is 0 Å². The van der Waals surface area contributed by atoms with Gasteiger partial charge in [-0.2, -0.15) is 0 Å². The third kappa shape index (κ3) is 1.95. The molecule has 1 heterocycles. The number of carbonyl (C=O) groups is 1. The molecule has 0 saturated heterocycles. The summed E-state index contributed by atoms with van der Waals surface area (Å²) < 4.78 is 0. The second-order valence-corrected chi connectivity index (χ2v) is 2.57. The van der Waals surface area contributed by atoms with Gasteiger partial charge in [0, 0.05) is 11.3 Å². The zero-order chi connectivity index (χ0) is 9.14. The van der Waals surface area contributed by atoms with Gasteiger partial charge in [0.05, 0.1) is 6.42 Å². The van der Waals surface area contributed by atoms with Gasteiger partial charge in [-0.05, 0) is 13.0 Å². The van der Waals surface area contributed by atoms with E-state index < -0.39 is 5.97 Å². The Kier molecular flexibility index (Phi) is 2.28. The summed E-state index contributed by atoms with van der Waals surface area (Å²) >= 11 is 0. The average molecular weight is 167 g/mol. The number of carboxylic acid groups (broad SMARTS) is 1. The Balaban J connectivity index is 2.97. The van der Waals surface area contributed by atoms with Crippen LogP contribution in [-0.2, 0) is 11.2 Å². The van der Waals surface area contributed by atoms with E-state index in [-0.39, 0.29) is 12.0 Å². The van der Waals surface area contributed by atoms with Crippen molar-refractivity contribution in [2.75, 3.05) is 0 Å². The maximum atomic E-state index is 11.0. The molecule has 64 valence electrons. The number of aryl methyl sites for hydroxylation is 1. The summed E-state index contributed by atoms with van der Waals surface area (Å²) in [5, 5.41) is 8.41. The minimum atomic E-state index is -0.950.